The van der Waals surface area contributed by atoms with E-state index in [4.69, 9.17) is 0 Å². The van der Waals surface area contributed by atoms with Crippen LogP contribution in [0, 0.1) is 5.82 Å². The number of nitrogens with zero attached hydrogens (tertiary/aromatic N) is 1. The summed E-state index contributed by atoms with van der Waals surface area (Å²) in [5, 5.41) is 0. The summed E-state index contributed by atoms with van der Waals surface area (Å²) in [6.07, 6.45) is 0. The Morgan fingerprint density at radius 1 is 1.58 bits per heavy atom. The monoisotopic (exact) mass is 169 g/mol. The van der Waals surface area contributed by atoms with Gasteiger partial charge < -0.3 is 4.74 Å². The van der Waals surface area contributed by atoms with Gasteiger partial charge in [-0.25, -0.2) is 9.37 Å². The van der Waals surface area contributed by atoms with Crippen molar-refractivity contribution in [2.75, 3.05) is 7.11 Å². The van der Waals surface area contributed by atoms with Crippen molar-refractivity contribution >= 4 is 5.78 Å². The molecule has 0 atom stereocenters. The minimum absolute atomic E-state index is 0.150. The van der Waals surface area contributed by atoms with Crippen LogP contribution in [0.3, 0.4) is 0 Å². The summed E-state index contributed by atoms with van der Waals surface area (Å²) in [5.74, 6) is -0.932. The topological polar surface area (TPSA) is 39.2 Å². The van der Waals surface area contributed by atoms with Gasteiger partial charge in [0, 0.05) is 6.92 Å². The number of carbonyl (C=O) groups excluding carboxylic acids is 1. The predicted octanol–water partition coefficient (Wildman–Crippen LogP) is 1.43. The number of hydrogen-bond donors (Lipinski definition) is 0. The maximum atomic E-state index is 12.7. The summed E-state index contributed by atoms with van der Waals surface area (Å²) < 4.78 is 17.3. The number of ether oxygens (including phenoxy) is 1. The van der Waals surface area contributed by atoms with Gasteiger partial charge in [-0.15, -0.1) is 0 Å². The van der Waals surface area contributed by atoms with Crippen molar-refractivity contribution in [3.63, 3.8) is 0 Å². The third-order valence-corrected chi connectivity index (χ3v) is 1.37. The first kappa shape index (κ1) is 8.64. The van der Waals surface area contributed by atoms with Gasteiger partial charge in [0.05, 0.1) is 7.11 Å². The van der Waals surface area contributed by atoms with Crippen LogP contribution in [0.2, 0.25) is 0 Å². The molecule has 0 fully saturated rings. The van der Waals surface area contributed by atoms with E-state index < -0.39 is 5.82 Å². The fourth-order valence-corrected chi connectivity index (χ4v) is 0.763. The van der Waals surface area contributed by atoms with Crippen LogP contribution < -0.4 is 4.74 Å². The van der Waals surface area contributed by atoms with E-state index in [0.29, 0.717) is 0 Å². The van der Waals surface area contributed by atoms with Gasteiger partial charge in [0.2, 0.25) is 0 Å². The number of methoxy groups -OCH3 is 1. The first-order chi connectivity index (χ1) is 5.65. The summed E-state index contributed by atoms with van der Waals surface area (Å²) in [7, 11) is 1.30. The van der Waals surface area contributed by atoms with Gasteiger partial charge in [-0.3, -0.25) is 4.79 Å². The van der Waals surface area contributed by atoms with Gasteiger partial charge in [-0.1, -0.05) is 0 Å². The molecule has 0 saturated heterocycles. The van der Waals surface area contributed by atoms with Gasteiger partial charge in [-0.2, -0.15) is 0 Å². The molecule has 1 aromatic rings. The first-order valence-corrected chi connectivity index (χ1v) is 3.36. The lowest BCUT2D eigenvalue weighted by Crippen LogP contribution is -2.00. The number of Topliss-reactive ketones (excluding diaryl/α,β-unsaturated/α-hetero) is 1. The third-order valence-electron chi connectivity index (χ3n) is 1.37. The Hall–Kier alpha value is -1.45. The average Bonchev–Trinajstić information content (AvgIpc) is 2.05. The fourth-order valence-electron chi connectivity index (χ4n) is 0.763. The second-order valence-corrected chi connectivity index (χ2v) is 2.24. The quantitative estimate of drug-likeness (QED) is 0.628. The predicted molar refractivity (Wildman–Crippen MR) is 40.8 cm³/mol. The Morgan fingerprint density at radius 3 is 2.75 bits per heavy atom. The molecule has 0 aliphatic heterocycles. The molecular formula is C8H8FNO2. The second-order valence-electron chi connectivity index (χ2n) is 2.24. The molecule has 0 aliphatic carbocycles. The maximum absolute atomic E-state index is 12.7. The third kappa shape index (κ3) is 1.58. The lowest BCUT2D eigenvalue weighted by atomic mass is 10.3. The van der Waals surface area contributed by atoms with E-state index in [1.165, 1.54) is 20.1 Å². The van der Waals surface area contributed by atoms with Gasteiger partial charge in [0.1, 0.15) is 5.69 Å². The minimum Gasteiger partial charge on any atom is -0.479 e. The zero-order valence-corrected chi connectivity index (χ0v) is 6.80. The van der Waals surface area contributed by atoms with Crippen molar-refractivity contribution in [1.29, 1.82) is 0 Å². The first-order valence-electron chi connectivity index (χ1n) is 3.36. The van der Waals surface area contributed by atoms with Crippen molar-refractivity contribution < 1.29 is 13.9 Å². The number of carbonyl (C=O) groups is 1. The molecule has 0 amide bonds. The molecule has 0 aromatic carbocycles. The highest BCUT2D eigenvalue weighted by atomic mass is 19.1. The van der Waals surface area contributed by atoms with Crippen LogP contribution in [-0.2, 0) is 0 Å². The molecule has 0 saturated carbocycles. The summed E-state index contributed by atoms with van der Waals surface area (Å²) >= 11 is 0. The van der Waals surface area contributed by atoms with Crippen LogP contribution in [0.15, 0.2) is 12.1 Å². The van der Waals surface area contributed by atoms with Crippen molar-refractivity contribution in [1.82, 2.24) is 4.98 Å². The highest BCUT2D eigenvalue weighted by Gasteiger charge is 2.07. The number of halogens is 1. The van der Waals surface area contributed by atoms with E-state index in [-0.39, 0.29) is 17.4 Å². The zero-order valence-electron chi connectivity index (χ0n) is 6.80. The van der Waals surface area contributed by atoms with E-state index in [2.05, 4.69) is 9.72 Å². The maximum Gasteiger partial charge on any atom is 0.250 e. The van der Waals surface area contributed by atoms with E-state index >= 15 is 0 Å². The number of hydrogen-bond acceptors (Lipinski definition) is 3. The van der Waals surface area contributed by atoms with Crippen LogP contribution in [0.4, 0.5) is 4.39 Å². The number of aromatic nitrogens is 1. The van der Waals surface area contributed by atoms with E-state index in [1.807, 2.05) is 0 Å². The van der Waals surface area contributed by atoms with E-state index in [1.54, 1.807) is 0 Å². The Balaban J connectivity index is 3.13. The lowest BCUT2D eigenvalue weighted by Gasteiger charge is -2.00. The number of rotatable bonds is 2. The lowest BCUT2D eigenvalue weighted by molar-refractivity contribution is 0.101. The van der Waals surface area contributed by atoms with Gasteiger partial charge in [0.25, 0.3) is 5.88 Å². The molecule has 0 N–H and O–H groups in total. The standard InChI is InChI=1S/C8H8FNO2/c1-5(11)7-4-3-6(9)8(10-7)12-2/h3-4H,1-2H3. The molecule has 0 aliphatic rings. The van der Waals surface area contributed by atoms with Crippen molar-refractivity contribution in [3.05, 3.63) is 23.6 Å². The molecule has 64 valence electrons. The molecule has 12 heavy (non-hydrogen) atoms. The Kier molecular flexibility index (Phi) is 2.38. The van der Waals surface area contributed by atoms with Crippen LogP contribution in [0.5, 0.6) is 5.88 Å². The minimum atomic E-state index is -0.567. The van der Waals surface area contributed by atoms with Gasteiger partial charge >= 0.3 is 0 Å². The summed E-state index contributed by atoms with van der Waals surface area (Å²) in [4.78, 5) is 14.4. The summed E-state index contributed by atoms with van der Waals surface area (Å²) in [6.45, 7) is 1.36. The zero-order chi connectivity index (χ0) is 9.14. The molecule has 0 spiro atoms. The van der Waals surface area contributed by atoms with Gasteiger partial charge in [0.15, 0.2) is 11.6 Å². The highest BCUT2D eigenvalue weighted by molar-refractivity contribution is 5.92. The van der Waals surface area contributed by atoms with Crippen molar-refractivity contribution in [2.45, 2.75) is 6.92 Å². The van der Waals surface area contributed by atoms with E-state index in [9.17, 15) is 9.18 Å². The normalized spacial score (nSPS) is 9.58. The molecule has 0 radical (unpaired) electrons. The molecule has 0 bridgehead atoms. The largest absolute Gasteiger partial charge is 0.479 e. The van der Waals surface area contributed by atoms with Crippen molar-refractivity contribution in [3.8, 4) is 5.88 Å². The second kappa shape index (κ2) is 3.30. The Morgan fingerprint density at radius 2 is 2.25 bits per heavy atom. The van der Waals surface area contributed by atoms with Gasteiger partial charge in [-0.05, 0) is 12.1 Å². The summed E-state index contributed by atoms with van der Waals surface area (Å²) in [5.41, 5.74) is 0.202. The molecule has 0 unspecified atom stereocenters. The van der Waals surface area contributed by atoms with E-state index in [0.717, 1.165) is 6.07 Å². The average molecular weight is 169 g/mol. The smallest absolute Gasteiger partial charge is 0.250 e. The Bertz CT molecular complexity index is 312. The SMILES string of the molecule is COc1nc(C(C)=O)ccc1F. The molecule has 3 nitrogen and oxygen atoms in total. The Labute approximate surface area is 69.2 Å². The molecular weight excluding hydrogens is 161 g/mol. The molecule has 4 heteroatoms. The van der Waals surface area contributed by atoms with Crippen LogP contribution in [0.1, 0.15) is 17.4 Å². The summed E-state index contributed by atoms with van der Waals surface area (Å²) in [6, 6.07) is 2.47. The highest BCUT2D eigenvalue weighted by Crippen LogP contribution is 2.13. The number of ketones is 1. The molecule has 1 aromatic heterocycles. The van der Waals surface area contributed by atoms with Crippen LogP contribution in [-0.4, -0.2) is 17.9 Å². The van der Waals surface area contributed by atoms with Crippen LogP contribution in [0.25, 0.3) is 0 Å². The van der Waals surface area contributed by atoms with Crippen molar-refractivity contribution in [2.24, 2.45) is 0 Å². The number of pyridine rings is 1. The molecule has 1 rings (SSSR count). The fraction of sp³-hybridized carbons (Fsp3) is 0.250. The molecule has 1 heterocycles. The van der Waals surface area contributed by atoms with Crippen LogP contribution >= 0.6 is 0 Å².